The van der Waals surface area contributed by atoms with E-state index in [4.69, 9.17) is 10.5 Å². The molecule has 1 rings (SSSR count). The van der Waals surface area contributed by atoms with Crippen molar-refractivity contribution >= 4 is 0 Å². The predicted molar refractivity (Wildman–Crippen MR) is 70.2 cm³/mol. The number of rotatable bonds is 5. The molecule has 0 aromatic heterocycles. The quantitative estimate of drug-likeness (QED) is 0.824. The molecule has 0 amide bonds. The Kier molecular flexibility index (Phi) is 4.97. The van der Waals surface area contributed by atoms with Gasteiger partial charge in [0.2, 0.25) is 0 Å². The van der Waals surface area contributed by atoms with Crippen LogP contribution in [0.2, 0.25) is 0 Å². The fraction of sp³-hybridized carbons (Fsp3) is 0.571. The van der Waals surface area contributed by atoms with E-state index in [9.17, 15) is 5.11 Å². The molecular weight excluding hydrogens is 214 g/mol. The van der Waals surface area contributed by atoms with Crippen LogP contribution in [0.4, 0.5) is 0 Å². The average molecular weight is 237 g/mol. The Hall–Kier alpha value is -1.06. The highest BCUT2D eigenvalue weighted by Crippen LogP contribution is 2.19. The summed E-state index contributed by atoms with van der Waals surface area (Å²) in [5.41, 5.74) is 8.31. The summed E-state index contributed by atoms with van der Waals surface area (Å²) < 4.78 is 5.77. The third kappa shape index (κ3) is 4.02. The molecule has 3 N–H and O–H groups in total. The largest absolute Gasteiger partial charge is 0.486 e. The maximum absolute atomic E-state index is 9.34. The van der Waals surface area contributed by atoms with Crippen LogP contribution in [0.3, 0.4) is 0 Å². The molecule has 0 spiro atoms. The van der Waals surface area contributed by atoms with Crippen LogP contribution in [0.1, 0.15) is 25.0 Å². The van der Waals surface area contributed by atoms with E-state index in [1.54, 1.807) is 0 Å². The Labute approximate surface area is 104 Å². The number of aliphatic hydroxyl groups excluding tert-OH is 1. The Balaban J connectivity index is 2.80. The molecule has 0 saturated heterocycles. The van der Waals surface area contributed by atoms with Gasteiger partial charge in [0.1, 0.15) is 11.9 Å². The van der Waals surface area contributed by atoms with Crippen molar-refractivity contribution < 1.29 is 9.84 Å². The Morgan fingerprint density at radius 1 is 1.18 bits per heavy atom. The normalized spacial score (nSPS) is 14.8. The van der Waals surface area contributed by atoms with Gasteiger partial charge >= 0.3 is 0 Å². The van der Waals surface area contributed by atoms with E-state index in [1.807, 2.05) is 39.8 Å². The Morgan fingerprint density at radius 2 is 1.71 bits per heavy atom. The van der Waals surface area contributed by atoms with Gasteiger partial charge in [-0.3, -0.25) is 0 Å². The number of hydrogen-bond donors (Lipinski definition) is 2. The first-order chi connectivity index (χ1) is 7.93. The predicted octanol–water partition coefficient (Wildman–Crippen LogP) is 2.03. The van der Waals surface area contributed by atoms with E-state index in [0.29, 0.717) is 0 Å². The lowest BCUT2D eigenvalue weighted by molar-refractivity contribution is 0.0810. The highest BCUT2D eigenvalue weighted by atomic mass is 16.5. The van der Waals surface area contributed by atoms with Crippen molar-refractivity contribution in [1.82, 2.24) is 0 Å². The molecule has 3 nitrogen and oxygen atoms in total. The fourth-order valence-corrected chi connectivity index (χ4v) is 1.84. The van der Waals surface area contributed by atoms with Crippen molar-refractivity contribution in [2.24, 2.45) is 11.7 Å². The Morgan fingerprint density at radius 3 is 2.12 bits per heavy atom. The average Bonchev–Trinajstić information content (AvgIpc) is 2.23. The second kappa shape index (κ2) is 6.03. The molecule has 17 heavy (non-hydrogen) atoms. The molecule has 0 saturated carbocycles. The lowest BCUT2D eigenvalue weighted by Gasteiger charge is -2.26. The minimum atomic E-state index is -0.351. The van der Waals surface area contributed by atoms with Gasteiger partial charge in [-0.15, -0.1) is 0 Å². The number of aliphatic hydroxyl groups is 1. The van der Waals surface area contributed by atoms with E-state index < -0.39 is 0 Å². The molecule has 1 aromatic rings. The van der Waals surface area contributed by atoms with Crippen LogP contribution in [-0.4, -0.2) is 23.9 Å². The summed E-state index contributed by atoms with van der Waals surface area (Å²) in [6, 6.07) is 5.84. The van der Waals surface area contributed by atoms with Gasteiger partial charge in [-0.25, -0.2) is 0 Å². The highest BCUT2D eigenvalue weighted by molar-refractivity contribution is 5.33. The standard InChI is InChI=1S/C14H23NO2/c1-9(2)14(15)13(8-16)17-12-6-10(3)5-11(4)7-12/h5-7,9,13-14,16H,8,15H2,1-4H3. The van der Waals surface area contributed by atoms with Crippen LogP contribution in [0.25, 0.3) is 0 Å². The molecule has 0 aliphatic rings. The Bertz CT molecular complexity index is 343. The third-order valence-electron chi connectivity index (χ3n) is 2.86. The lowest BCUT2D eigenvalue weighted by atomic mass is 10.00. The molecule has 0 heterocycles. The first kappa shape index (κ1) is 14.0. The monoisotopic (exact) mass is 237 g/mol. The third-order valence-corrected chi connectivity index (χ3v) is 2.86. The zero-order valence-electron chi connectivity index (χ0n) is 11.1. The van der Waals surface area contributed by atoms with Gasteiger partial charge in [0.05, 0.1) is 6.61 Å². The molecule has 3 heteroatoms. The van der Waals surface area contributed by atoms with Crippen LogP contribution in [0, 0.1) is 19.8 Å². The van der Waals surface area contributed by atoms with Crippen molar-refractivity contribution in [2.75, 3.05) is 6.61 Å². The molecule has 2 unspecified atom stereocenters. The zero-order chi connectivity index (χ0) is 13.0. The van der Waals surface area contributed by atoms with Crippen LogP contribution < -0.4 is 10.5 Å². The molecule has 0 bridgehead atoms. The smallest absolute Gasteiger partial charge is 0.137 e. The maximum atomic E-state index is 9.34. The molecule has 1 aromatic carbocycles. The van der Waals surface area contributed by atoms with Crippen molar-refractivity contribution in [3.63, 3.8) is 0 Å². The minimum Gasteiger partial charge on any atom is -0.486 e. The van der Waals surface area contributed by atoms with Gasteiger partial charge in [-0.2, -0.15) is 0 Å². The van der Waals surface area contributed by atoms with Gasteiger partial charge in [-0.05, 0) is 43.0 Å². The van der Waals surface area contributed by atoms with Crippen LogP contribution in [-0.2, 0) is 0 Å². The summed E-state index contributed by atoms with van der Waals surface area (Å²) >= 11 is 0. The molecule has 0 radical (unpaired) electrons. The zero-order valence-corrected chi connectivity index (χ0v) is 11.1. The fourth-order valence-electron chi connectivity index (χ4n) is 1.84. The number of aryl methyl sites for hydroxylation is 2. The lowest BCUT2D eigenvalue weighted by Crippen LogP contribution is -2.45. The summed E-state index contributed by atoms with van der Waals surface area (Å²) in [6.45, 7) is 8.04. The van der Waals surface area contributed by atoms with E-state index in [2.05, 4.69) is 6.07 Å². The van der Waals surface area contributed by atoms with E-state index >= 15 is 0 Å². The number of nitrogens with two attached hydrogens (primary N) is 1. The summed E-state index contributed by atoms with van der Waals surface area (Å²) in [6.07, 6.45) is -0.351. The molecule has 96 valence electrons. The molecule has 2 atom stereocenters. The van der Waals surface area contributed by atoms with Crippen LogP contribution in [0.15, 0.2) is 18.2 Å². The van der Waals surface area contributed by atoms with Crippen molar-refractivity contribution in [1.29, 1.82) is 0 Å². The minimum absolute atomic E-state index is 0.0632. The SMILES string of the molecule is Cc1cc(C)cc(OC(CO)C(N)C(C)C)c1. The highest BCUT2D eigenvalue weighted by Gasteiger charge is 2.21. The first-order valence-corrected chi connectivity index (χ1v) is 6.05. The van der Waals surface area contributed by atoms with Gasteiger partial charge < -0.3 is 15.6 Å². The van der Waals surface area contributed by atoms with Gasteiger partial charge in [0, 0.05) is 6.04 Å². The van der Waals surface area contributed by atoms with Gasteiger partial charge in [-0.1, -0.05) is 19.9 Å². The van der Waals surface area contributed by atoms with Crippen molar-refractivity contribution in [3.8, 4) is 5.75 Å². The van der Waals surface area contributed by atoms with E-state index in [1.165, 1.54) is 0 Å². The van der Waals surface area contributed by atoms with E-state index in [0.717, 1.165) is 16.9 Å². The molecular formula is C14H23NO2. The molecule has 0 aliphatic carbocycles. The summed E-state index contributed by atoms with van der Waals surface area (Å²) in [7, 11) is 0. The summed E-state index contributed by atoms with van der Waals surface area (Å²) in [4.78, 5) is 0. The summed E-state index contributed by atoms with van der Waals surface area (Å²) in [5.74, 6) is 1.05. The van der Waals surface area contributed by atoms with Crippen LogP contribution in [0.5, 0.6) is 5.75 Å². The van der Waals surface area contributed by atoms with Gasteiger partial charge in [0.15, 0.2) is 0 Å². The second-order valence-corrected chi connectivity index (χ2v) is 4.98. The maximum Gasteiger partial charge on any atom is 0.137 e. The number of hydrogen-bond acceptors (Lipinski definition) is 3. The van der Waals surface area contributed by atoms with Crippen molar-refractivity contribution in [2.45, 2.75) is 39.8 Å². The second-order valence-electron chi connectivity index (χ2n) is 4.98. The van der Waals surface area contributed by atoms with Gasteiger partial charge in [0.25, 0.3) is 0 Å². The van der Waals surface area contributed by atoms with Crippen molar-refractivity contribution in [3.05, 3.63) is 29.3 Å². The van der Waals surface area contributed by atoms with Crippen LogP contribution >= 0.6 is 0 Å². The topological polar surface area (TPSA) is 55.5 Å². The molecule has 0 aliphatic heterocycles. The number of ether oxygens (including phenoxy) is 1. The molecule has 0 fully saturated rings. The summed E-state index contributed by atoms with van der Waals surface area (Å²) in [5, 5.41) is 9.34. The number of benzene rings is 1. The first-order valence-electron chi connectivity index (χ1n) is 6.05. The van der Waals surface area contributed by atoms with E-state index in [-0.39, 0.29) is 24.7 Å².